The van der Waals surface area contributed by atoms with Crippen LogP contribution < -0.4 is 0 Å². The van der Waals surface area contributed by atoms with E-state index in [2.05, 4.69) is 11.7 Å². The fourth-order valence-electron chi connectivity index (χ4n) is 3.68. The number of hydrogen-bond acceptors (Lipinski definition) is 3. The number of nitrogens with zero attached hydrogens (tertiary/aromatic N) is 3. The smallest absolute Gasteiger partial charge is 0.246 e. The molecular formula is C21H20FN3O2. The number of likely N-dealkylation sites (tertiary alicyclic amines) is 1. The molecule has 1 N–H and O–H groups in total. The zero-order valence-electron chi connectivity index (χ0n) is 14.8. The zero-order valence-corrected chi connectivity index (χ0v) is 14.8. The third kappa shape index (κ3) is 3.18. The first-order valence-electron chi connectivity index (χ1n) is 8.95. The van der Waals surface area contributed by atoms with E-state index in [1.807, 2.05) is 16.9 Å². The average molecular weight is 365 g/mol. The van der Waals surface area contributed by atoms with Gasteiger partial charge >= 0.3 is 0 Å². The number of carbonyl (C=O) groups excluding carboxylic acids is 1. The van der Waals surface area contributed by atoms with Crippen LogP contribution in [0.2, 0.25) is 0 Å². The van der Waals surface area contributed by atoms with Gasteiger partial charge in [-0.05, 0) is 42.7 Å². The number of hydrogen-bond donors (Lipinski definition) is 1. The van der Waals surface area contributed by atoms with E-state index in [-0.39, 0.29) is 23.3 Å². The number of phenols is 1. The quantitative estimate of drug-likeness (QED) is 0.716. The van der Waals surface area contributed by atoms with Gasteiger partial charge in [-0.3, -0.25) is 9.48 Å². The maximum absolute atomic E-state index is 14.2. The fraction of sp³-hybridized carbons (Fsp3) is 0.238. The zero-order chi connectivity index (χ0) is 19.0. The molecule has 1 atom stereocenters. The van der Waals surface area contributed by atoms with Gasteiger partial charge in [0.25, 0.3) is 0 Å². The van der Waals surface area contributed by atoms with Gasteiger partial charge in [0.1, 0.15) is 11.6 Å². The third-order valence-electron chi connectivity index (χ3n) is 5.06. The van der Waals surface area contributed by atoms with Crippen LogP contribution in [-0.2, 0) is 4.79 Å². The normalized spacial score (nSPS) is 17.2. The minimum Gasteiger partial charge on any atom is -0.507 e. The molecule has 138 valence electrons. The van der Waals surface area contributed by atoms with Crippen LogP contribution >= 0.6 is 0 Å². The molecule has 1 unspecified atom stereocenters. The number of phenolic OH excluding ortho intramolecular Hbond substituents is 1. The van der Waals surface area contributed by atoms with Crippen molar-refractivity contribution in [3.05, 3.63) is 61.1 Å². The Morgan fingerprint density at radius 2 is 2.19 bits per heavy atom. The highest BCUT2D eigenvalue weighted by atomic mass is 19.1. The van der Waals surface area contributed by atoms with Crippen LogP contribution in [0.5, 0.6) is 5.75 Å². The Kier molecular flexibility index (Phi) is 4.39. The molecule has 2 heterocycles. The number of aromatic hydroxyl groups is 1. The molecule has 0 radical (unpaired) electrons. The van der Waals surface area contributed by atoms with Crippen molar-refractivity contribution < 1.29 is 14.3 Å². The number of rotatable bonds is 3. The fourth-order valence-corrected chi connectivity index (χ4v) is 3.68. The summed E-state index contributed by atoms with van der Waals surface area (Å²) in [6, 6.07) is 9.79. The summed E-state index contributed by atoms with van der Waals surface area (Å²) in [7, 11) is 0. The topological polar surface area (TPSA) is 58.4 Å². The first kappa shape index (κ1) is 17.3. The molecule has 6 heteroatoms. The molecule has 3 aromatic rings. The Morgan fingerprint density at radius 3 is 2.96 bits per heavy atom. The van der Waals surface area contributed by atoms with E-state index in [1.165, 1.54) is 24.3 Å². The molecule has 0 bridgehead atoms. The van der Waals surface area contributed by atoms with Crippen molar-refractivity contribution in [3.8, 4) is 16.9 Å². The number of fused-ring (bicyclic) bond motifs is 1. The Hall–Kier alpha value is -3.15. The minimum atomic E-state index is -0.473. The van der Waals surface area contributed by atoms with E-state index < -0.39 is 5.82 Å². The molecule has 4 rings (SSSR count). The minimum absolute atomic E-state index is 0.0614. The summed E-state index contributed by atoms with van der Waals surface area (Å²) in [6.45, 7) is 4.89. The van der Waals surface area contributed by atoms with Gasteiger partial charge in [-0.2, -0.15) is 5.10 Å². The lowest BCUT2D eigenvalue weighted by molar-refractivity contribution is -0.127. The molecule has 27 heavy (non-hydrogen) atoms. The average Bonchev–Trinajstić information content (AvgIpc) is 3.11. The second kappa shape index (κ2) is 6.87. The largest absolute Gasteiger partial charge is 0.507 e. The monoisotopic (exact) mass is 365 g/mol. The van der Waals surface area contributed by atoms with Gasteiger partial charge in [0.05, 0.1) is 17.1 Å². The summed E-state index contributed by atoms with van der Waals surface area (Å²) in [6.07, 6.45) is 5.15. The number of carbonyl (C=O) groups is 1. The predicted octanol–water partition coefficient (Wildman–Crippen LogP) is 3.90. The summed E-state index contributed by atoms with van der Waals surface area (Å²) >= 11 is 0. The number of aromatic nitrogens is 2. The molecule has 0 spiro atoms. The Bertz CT molecular complexity index is 1010. The molecule has 2 aromatic carbocycles. The van der Waals surface area contributed by atoms with Gasteiger partial charge in [-0.1, -0.05) is 24.8 Å². The van der Waals surface area contributed by atoms with Crippen LogP contribution in [0.1, 0.15) is 18.9 Å². The van der Waals surface area contributed by atoms with Crippen LogP contribution in [0.25, 0.3) is 22.0 Å². The SMILES string of the molecule is C=CC(=O)N1CCCC(n2cc3ccc(-c4c(O)cccc4F)cc3n2)C1. The molecule has 1 aliphatic rings. The summed E-state index contributed by atoms with van der Waals surface area (Å²) in [5.74, 6) is -0.631. The second-order valence-electron chi connectivity index (χ2n) is 6.80. The molecule has 1 aromatic heterocycles. The second-order valence-corrected chi connectivity index (χ2v) is 6.80. The molecule has 0 aliphatic carbocycles. The number of benzene rings is 2. The molecule has 1 saturated heterocycles. The maximum atomic E-state index is 14.2. The van der Waals surface area contributed by atoms with Crippen molar-refractivity contribution >= 4 is 16.8 Å². The lowest BCUT2D eigenvalue weighted by Gasteiger charge is -2.32. The number of piperidine rings is 1. The Morgan fingerprint density at radius 1 is 1.33 bits per heavy atom. The van der Waals surface area contributed by atoms with Crippen LogP contribution in [0.4, 0.5) is 4.39 Å². The first-order chi connectivity index (χ1) is 13.1. The van der Waals surface area contributed by atoms with Crippen molar-refractivity contribution in [2.45, 2.75) is 18.9 Å². The highest BCUT2D eigenvalue weighted by Gasteiger charge is 2.24. The van der Waals surface area contributed by atoms with Gasteiger partial charge < -0.3 is 10.0 Å². The van der Waals surface area contributed by atoms with E-state index in [1.54, 1.807) is 17.0 Å². The summed E-state index contributed by atoms with van der Waals surface area (Å²) in [5.41, 5.74) is 1.48. The van der Waals surface area contributed by atoms with Crippen molar-refractivity contribution in [2.24, 2.45) is 0 Å². The molecule has 1 amide bonds. The molecule has 1 fully saturated rings. The highest BCUT2D eigenvalue weighted by molar-refractivity contribution is 5.87. The summed E-state index contributed by atoms with van der Waals surface area (Å²) in [4.78, 5) is 13.7. The van der Waals surface area contributed by atoms with E-state index in [0.717, 1.165) is 30.3 Å². The first-order valence-corrected chi connectivity index (χ1v) is 8.95. The maximum Gasteiger partial charge on any atom is 0.246 e. The summed E-state index contributed by atoms with van der Waals surface area (Å²) < 4.78 is 16.0. The third-order valence-corrected chi connectivity index (χ3v) is 5.06. The molecule has 1 aliphatic heterocycles. The van der Waals surface area contributed by atoms with Crippen LogP contribution in [0.15, 0.2) is 55.3 Å². The van der Waals surface area contributed by atoms with Crippen LogP contribution in [0.3, 0.4) is 0 Å². The van der Waals surface area contributed by atoms with E-state index in [0.29, 0.717) is 12.1 Å². The number of halogens is 1. The van der Waals surface area contributed by atoms with Gasteiger partial charge in [0.15, 0.2) is 0 Å². The molecule has 0 saturated carbocycles. The van der Waals surface area contributed by atoms with Gasteiger partial charge in [-0.15, -0.1) is 0 Å². The van der Waals surface area contributed by atoms with Crippen molar-refractivity contribution in [1.82, 2.24) is 14.7 Å². The van der Waals surface area contributed by atoms with Crippen molar-refractivity contribution in [1.29, 1.82) is 0 Å². The van der Waals surface area contributed by atoms with E-state index >= 15 is 0 Å². The standard InChI is InChI=1S/C21H20FN3O2/c1-2-20(27)24-10-4-5-16(13-24)25-12-15-9-8-14(11-18(15)23-25)21-17(22)6-3-7-19(21)26/h2-3,6-9,11-12,16,26H,1,4-5,10,13H2. The lowest BCUT2D eigenvalue weighted by atomic mass is 10.0. The van der Waals surface area contributed by atoms with Crippen molar-refractivity contribution in [2.75, 3.05) is 13.1 Å². The summed E-state index contributed by atoms with van der Waals surface area (Å²) in [5, 5.41) is 15.6. The van der Waals surface area contributed by atoms with E-state index in [9.17, 15) is 14.3 Å². The Labute approximate surface area is 156 Å². The Balaban J connectivity index is 1.67. The van der Waals surface area contributed by atoms with Crippen molar-refractivity contribution in [3.63, 3.8) is 0 Å². The number of amides is 1. The van der Waals surface area contributed by atoms with Gasteiger partial charge in [-0.25, -0.2) is 4.39 Å². The van der Waals surface area contributed by atoms with Crippen LogP contribution in [0, 0.1) is 5.82 Å². The molecule has 5 nitrogen and oxygen atoms in total. The van der Waals surface area contributed by atoms with E-state index in [4.69, 9.17) is 0 Å². The highest BCUT2D eigenvalue weighted by Crippen LogP contribution is 2.33. The van der Waals surface area contributed by atoms with Gasteiger partial charge in [0.2, 0.25) is 5.91 Å². The van der Waals surface area contributed by atoms with Crippen LogP contribution in [-0.4, -0.2) is 38.8 Å². The predicted molar refractivity (Wildman–Crippen MR) is 102 cm³/mol. The van der Waals surface area contributed by atoms with Gasteiger partial charge in [0, 0.05) is 24.7 Å². The lowest BCUT2D eigenvalue weighted by Crippen LogP contribution is -2.39. The molecular weight excluding hydrogens is 345 g/mol.